The molecule has 0 saturated heterocycles. The fourth-order valence-electron chi connectivity index (χ4n) is 2.79. The average molecular weight is 584 g/mol. The Balaban J connectivity index is 0.000000310. The van der Waals surface area contributed by atoms with Crippen LogP contribution in [0.25, 0.3) is 0 Å². The standard InChI is InChI=1S/C14H19NOS.C11H15NOS.C6H7NS/c1-4-13(7-6-12(3)16)10-17-14-8-5-11(2)9-15-14;1-3-10(7-13)8-14-11-5-4-9(2)6-12-11;1-5-2-3-6(8)7-4-5/h5-9,13H,4,10H2,1-3H3;4-7,10H,3,8H2,1-2H3;2-4H,1H3,(H,7,8)/b7-6+;;. The lowest BCUT2D eigenvalue weighted by molar-refractivity contribution is -0.112. The molecule has 0 aromatic carbocycles. The fraction of sp³-hybridized carbons (Fsp3) is 0.387. The van der Waals surface area contributed by atoms with Crippen LogP contribution in [0.4, 0.5) is 0 Å². The number of aldehydes is 1. The lowest BCUT2D eigenvalue weighted by Crippen LogP contribution is -2.03. The quantitative estimate of drug-likeness (QED) is 0.105. The third-order valence-corrected chi connectivity index (χ3v) is 7.96. The minimum atomic E-state index is 0.113. The SMILES string of the molecule is CCC(/C=C/C(C)=O)CSc1ccc(C)cn1.CCC(C=O)CSc1ccc(C)cn1.Cc1ccc(=S)[nH]c1. The van der Waals surface area contributed by atoms with Crippen LogP contribution in [-0.2, 0) is 9.59 Å². The van der Waals surface area contributed by atoms with E-state index in [0.29, 0.717) is 5.92 Å². The van der Waals surface area contributed by atoms with Gasteiger partial charge in [-0.25, -0.2) is 9.97 Å². The second-order valence-corrected chi connectivity index (χ2v) is 11.7. The third kappa shape index (κ3) is 16.9. The first-order valence-corrected chi connectivity index (χ1v) is 15.4. The molecule has 5 nitrogen and oxygen atoms in total. The lowest BCUT2D eigenvalue weighted by Gasteiger charge is -2.08. The minimum Gasteiger partial charge on any atom is -0.353 e. The molecule has 210 valence electrons. The molecule has 2 atom stereocenters. The number of nitrogens with zero attached hydrogens (tertiary/aromatic N) is 2. The van der Waals surface area contributed by atoms with Crippen molar-refractivity contribution in [3.63, 3.8) is 0 Å². The van der Waals surface area contributed by atoms with E-state index < -0.39 is 0 Å². The van der Waals surface area contributed by atoms with Crippen LogP contribution in [-0.4, -0.2) is 38.5 Å². The van der Waals surface area contributed by atoms with Gasteiger partial charge in [-0.3, -0.25) is 4.79 Å². The molecule has 0 saturated carbocycles. The summed E-state index contributed by atoms with van der Waals surface area (Å²) >= 11 is 8.20. The number of carbonyl (C=O) groups is 2. The van der Waals surface area contributed by atoms with E-state index in [-0.39, 0.29) is 11.7 Å². The highest BCUT2D eigenvalue weighted by Crippen LogP contribution is 2.21. The van der Waals surface area contributed by atoms with Crippen LogP contribution >= 0.6 is 35.7 Å². The lowest BCUT2D eigenvalue weighted by atomic mass is 10.1. The van der Waals surface area contributed by atoms with Gasteiger partial charge < -0.3 is 9.78 Å². The largest absolute Gasteiger partial charge is 0.353 e. The van der Waals surface area contributed by atoms with E-state index in [0.717, 1.165) is 50.9 Å². The number of carbonyl (C=O) groups excluding carboxylic acids is 2. The summed E-state index contributed by atoms with van der Waals surface area (Å²) in [5, 5.41) is 2.04. The summed E-state index contributed by atoms with van der Waals surface area (Å²) in [6.45, 7) is 11.8. The molecule has 0 spiro atoms. The highest BCUT2D eigenvalue weighted by molar-refractivity contribution is 7.99. The minimum absolute atomic E-state index is 0.113. The van der Waals surface area contributed by atoms with Crippen molar-refractivity contribution in [2.24, 2.45) is 11.8 Å². The summed E-state index contributed by atoms with van der Waals surface area (Å²) in [4.78, 5) is 33.0. The zero-order valence-electron chi connectivity index (χ0n) is 23.8. The van der Waals surface area contributed by atoms with Crippen molar-refractivity contribution >= 4 is 47.8 Å². The maximum Gasteiger partial charge on any atom is 0.152 e. The first-order chi connectivity index (χ1) is 18.7. The van der Waals surface area contributed by atoms with Crippen LogP contribution in [0.5, 0.6) is 0 Å². The summed E-state index contributed by atoms with van der Waals surface area (Å²) in [6, 6.07) is 12.0. The zero-order chi connectivity index (χ0) is 29.0. The number of hydrogen-bond donors (Lipinski definition) is 1. The summed E-state index contributed by atoms with van der Waals surface area (Å²) in [5.74, 6) is 2.50. The molecular formula is C31H41N3O2S3. The number of ketones is 1. The summed E-state index contributed by atoms with van der Waals surface area (Å²) in [6.07, 6.45) is 12.3. The molecule has 39 heavy (non-hydrogen) atoms. The normalized spacial score (nSPS) is 11.9. The van der Waals surface area contributed by atoms with Crippen molar-refractivity contribution in [2.75, 3.05) is 11.5 Å². The van der Waals surface area contributed by atoms with Crippen LogP contribution in [0, 0.1) is 37.2 Å². The number of aromatic amines is 1. The van der Waals surface area contributed by atoms with E-state index in [2.05, 4.69) is 27.9 Å². The van der Waals surface area contributed by atoms with Gasteiger partial charge in [-0.1, -0.05) is 50.3 Å². The number of H-pyrrole nitrogens is 1. The smallest absolute Gasteiger partial charge is 0.152 e. The van der Waals surface area contributed by atoms with Crippen LogP contribution < -0.4 is 0 Å². The van der Waals surface area contributed by atoms with Gasteiger partial charge in [0.2, 0.25) is 0 Å². The topological polar surface area (TPSA) is 75.7 Å². The van der Waals surface area contributed by atoms with Gasteiger partial charge in [0, 0.05) is 36.0 Å². The molecule has 0 aliphatic rings. The Morgan fingerprint density at radius 1 is 0.872 bits per heavy atom. The third-order valence-electron chi connectivity index (χ3n) is 5.44. The first kappa shape index (κ1) is 34.5. The molecule has 3 heterocycles. The summed E-state index contributed by atoms with van der Waals surface area (Å²) in [5.41, 5.74) is 3.55. The predicted molar refractivity (Wildman–Crippen MR) is 169 cm³/mol. The molecule has 2 unspecified atom stereocenters. The molecule has 3 aromatic rings. The first-order valence-electron chi connectivity index (χ1n) is 13.1. The Morgan fingerprint density at radius 3 is 1.74 bits per heavy atom. The van der Waals surface area contributed by atoms with E-state index in [9.17, 15) is 9.59 Å². The second-order valence-electron chi connectivity index (χ2n) is 9.14. The maximum absolute atomic E-state index is 10.9. The number of rotatable bonds is 11. The molecular weight excluding hydrogens is 543 g/mol. The van der Waals surface area contributed by atoms with Crippen LogP contribution in [0.2, 0.25) is 0 Å². The van der Waals surface area contributed by atoms with Crippen molar-refractivity contribution in [1.82, 2.24) is 15.0 Å². The van der Waals surface area contributed by atoms with Crippen molar-refractivity contribution in [2.45, 2.75) is 64.4 Å². The Bertz CT molecular complexity index is 1170. The fourth-order valence-corrected chi connectivity index (χ4v) is 4.93. The molecule has 1 N–H and O–H groups in total. The second kappa shape index (κ2) is 20.4. The molecule has 3 aromatic heterocycles. The van der Waals surface area contributed by atoms with Gasteiger partial charge in [0.05, 0.1) is 10.1 Å². The Kier molecular flexibility index (Phi) is 18.0. The van der Waals surface area contributed by atoms with Gasteiger partial charge in [-0.05, 0) is 87.4 Å². The van der Waals surface area contributed by atoms with Gasteiger partial charge in [0.1, 0.15) is 10.9 Å². The number of thioether (sulfide) groups is 2. The average Bonchev–Trinajstić information content (AvgIpc) is 2.93. The number of allylic oxidation sites excluding steroid dienone is 2. The van der Waals surface area contributed by atoms with Gasteiger partial charge in [0.15, 0.2) is 5.78 Å². The van der Waals surface area contributed by atoms with Crippen LogP contribution in [0.1, 0.15) is 50.3 Å². The molecule has 8 heteroatoms. The molecule has 0 aliphatic heterocycles. The maximum atomic E-state index is 10.9. The predicted octanol–water partition coefficient (Wildman–Crippen LogP) is 8.41. The van der Waals surface area contributed by atoms with E-state index in [4.69, 9.17) is 12.2 Å². The van der Waals surface area contributed by atoms with E-state index in [1.54, 1.807) is 36.5 Å². The molecule has 0 aliphatic carbocycles. The number of nitrogens with one attached hydrogen (secondary N) is 1. The monoisotopic (exact) mass is 583 g/mol. The van der Waals surface area contributed by atoms with Gasteiger partial charge >= 0.3 is 0 Å². The van der Waals surface area contributed by atoms with E-state index >= 15 is 0 Å². The number of pyridine rings is 3. The number of aryl methyl sites for hydroxylation is 3. The van der Waals surface area contributed by atoms with Crippen LogP contribution in [0.15, 0.2) is 77.2 Å². The zero-order valence-corrected chi connectivity index (χ0v) is 26.3. The molecule has 0 amide bonds. The van der Waals surface area contributed by atoms with Gasteiger partial charge in [0.25, 0.3) is 0 Å². The Morgan fingerprint density at radius 2 is 1.38 bits per heavy atom. The van der Waals surface area contributed by atoms with Crippen LogP contribution in [0.3, 0.4) is 0 Å². The highest BCUT2D eigenvalue weighted by Gasteiger charge is 2.06. The molecule has 0 bridgehead atoms. The van der Waals surface area contributed by atoms with Crippen molar-refractivity contribution < 1.29 is 9.59 Å². The summed E-state index contributed by atoms with van der Waals surface area (Å²) < 4.78 is 0.788. The van der Waals surface area contributed by atoms with E-state index in [1.807, 2.05) is 82.7 Å². The molecule has 3 rings (SSSR count). The van der Waals surface area contributed by atoms with Crippen molar-refractivity contribution in [1.29, 1.82) is 0 Å². The van der Waals surface area contributed by atoms with Gasteiger partial charge in [-0.2, -0.15) is 0 Å². The number of aromatic nitrogens is 3. The molecule has 0 radical (unpaired) electrons. The molecule has 0 fully saturated rings. The van der Waals surface area contributed by atoms with Crippen molar-refractivity contribution in [3.05, 3.63) is 88.5 Å². The van der Waals surface area contributed by atoms with Gasteiger partial charge in [-0.15, -0.1) is 23.5 Å². The van der Waals surface area contributed by atoms with E-state index in [1.165, 1.54) is 11.1 Å². The number of hydrogen-bond acceptors (Lipinski definition) is 7. The Hall–Kier alpha value is -2.55. The highest BCUT2D eigenvalue weighted by atomic mass is 32.2. The van der Waals surface area contributed by atoms with Crippen molar-refractivity contribution in [3.8, 4) is 0 Å². The Labute approximate surface area is 247 Å². The summed E-state index contributed by atoms with van der Waals surface area (Å²) in [7, 11) is 0.